The van der Waals surface area contributed by atoms with Crippen LogP contribution in [0.4, 0.5) is 5.13 Å². The van der Waals surface area contributed by atoms with E-state index in [1.165, 1.54) is 11.3 Å². The van der Waals surface area contributed by atoms with Gasteiger partial charge >= 0.3 is 0 Å². The van der Waals surface area contributed by atoms with Gasteiger partial charge in [-0.25, -0.2) is 5.84 Å². The minimum Gasteiger partial charge on any atom is -0.298 e. The summed E-state index contributed by atoms with van der Waals surface area (Å²) in [7, 11) is 0. The number of nitrogens with zero attached hydrogens (tertiary/aromatic N) is 2. The summed E-state index contributed by atoms with van der Waals surface area (Å²) in [6.45, 7) is 0. The first-order valence-electron chi connectivity index (χ1n) is 4.45. The summed E-state index contributed by atoms with van der Waals surface area (Å²) in [6, 6.07) is 7.72. The van der Waals surface area contributed by atoms with Crippen molar-refractivity contribution in [3.63, 3.8) is 0 Å². The molecule has 84 valence electrons. The molecule has 0 aliphatic rings. The lowest BCUT2D eigenvalue weighted by molar-refractivity contribution is 1.03. The van der Waals surface area contributed by atoms with E-state index in [9.17, 15) is 0 Å². The first kappa shape index (κ1) is 11.7. The molecule has 7 heteroatoms. The zero-order chi connectivity index (χ0) is 11.4. The number of anilines is 1. The van der Waals surface area contributed by atoms with Crippen molar-refractivity contribution in [1.82, 2.24) is 10.2 Å². The highest BCUT2D eigenvalue weighted by Gasteiger charge is 2.03. The van der Waals surface area contributed by atoms with Gasteiger partial charge in [0, 0.05) is 9.92 Å². The Hall–Kier alpha value is -0.820. The summed E-state index contributed by atoms with van der Waals surface area (Å²) < 4.78 is 0. The summed E-state index contributed by atoms with van der Waals surface area (Å²) in [5.41, 5.74) is 2.47. The molecular formula is C9H9ClN4S2. The van der Waals surface area contributed by atoms with Crippen molar-refractivity contribution in [2.24, 2.45) is 5.84 Å². The predicted octanol–water partition coefficient (Wildman–Crippen LogP) is 2.77. The zero-order valence-corrected chi connectivity index (χ0v) is 10.6. The molecule has 1 aromatic heterocycles. The fourth-order valence-corrected chi connectivity index (χ4v) is 2.92. The summed E-state index contributed by atoms with van der Waals surface area (Å²) in [6.07, 6.45) is 0. The number of nitrogens with one attached hydrogen (secondary N) is 1. The van der Waals surface area contributed by atoms with E-state index in [0.717, 1.165) is 20.7 Å². The lowest BCUT2D eigenvalue weighted by Crippen LogP contribution is -2.05. The largest absolute Gasteiger partial charge is 0.298 e. The van der Waals surface area contributed by atoms with Gasteiger partial charge in [0.1, 0.15) is 5.01 Å². The van der Waals surface area contributed by atoms with Crippen molar-refractivity contribution in [2.75, 3.05) is 5.43 Å². The molecule has 3 N–H and O–H groups in total. The Kier molecular flexibility index (Phi) is 4.00. The highest BCUT2D eigenvalue weighted by molar-refractivity contribution is 7.98. The second-order valence-corrected chi connectivity index (χ2v) is 5.44. The molecule has 0 bridgehead atoms. The SMILES string of the molecule is NNc1nnc(CSc2cccc(Cl)c2)s1. The molecule has 0 radical (unpaired) electrons. The monoisotopic (exact) mass is 272 g/mol. The maximum absolute atomic E-state index is 5.89. The van der Waals surface area contributed by atoms with E-state index >= 15 is 0 Å². The van der Waals surface area contributed by atoms with Gasteiger partial charge in [-0.2, -0.15) is 0 Å². The summed E-state index contributed by atoms with van der Waals surface area (Å²) >= 11 is 9.00. The summed E-state index contributed by atoms with van der Waals surface area (Å²) in [5, 5.41) is 10.2. The normalized spacial score (nSPS) is 10.4. The molecule has 2 rings (SSSR count). The number of aromatic nitrogens is 2. The minimum absolute atomic E-state index is 0.627. The molecule has 16 heavy (non-hydrogen) atoms. The van der Waals surface area contributed by atoms with Crippen LogP contribution in [0.5, 0.6) is 0 Å². The molecule has 0 atom stereocenters. The standard InChI is InChI=1S/C9H9ClN4S2/c10-6-2-1-3-7(4-6)15-5-8-13-14-9(12-11)16-8/h1-4H,5,11H2,(H,12,14). The second kappa shape index (κ2) is 5.49. The predicted molar refractivity (Wildman–Crippen MR) is 68.7 cm³/mol. The average Bonchev–Trinajstić information content (AvgIpc) is 2.74. The number of hydrogen-bond acceptors (Lipinski definition) is 6. The third-order valence-electron chi connectivity index (χ3n) is 1.75. The Labute approximate surface area is 106 Å². The number of rotatable bonds is 4. The lowest BCUT2D eigenvalue weighted by Gasteiger charge is -1.98. The molecule has 1 heterocycles. The van der Waals surface area contributed by atoms with Crippen molar-refractivity contribution in [2.45, 2.75) is 10.6 Å². The van der Waals surface area contributed by atoms with Gasteiger partial charge in [-0.3, -0.25) is 5.43 Å². The van der Waals surface area contributed by atoms with E-state index in [-0.39, 0.29) is 0 Å². The second-order valence-electron chi connectivity index (χ2n) is 2.89. The van der Waals surface area contributed by atoms with Crippen molar-refractivity contribution in [1.29, 1.82) is 0 Å². The molecule has 0 amide bonds. The van der Waals surface area contributed by atoms with Gasteiger partial charge in [-0.15, -0.1) is 22.0 Å². The molecule has 0 spiro atoms. The van der Waals surface area contributed by atoms with Gasteiger partial charge in [-0.1, -0.05) is 29.0 Å². The molecule has 4 nitrogen and oxygen atoms in total. The van der Waals surface area contributed by atoms with Crippen molar-refractivity contribution in [3.05, 3.63) is 34.3 Å². The Morgan fingerprint density at radius 2 is 2.31 bits per heavy atom. The third-order valence-corrected chi connectivity index (χ3v) is 4.03. The van der Waals surface area contributed by atoms with Crippen LogP contribution in [0.15, 0.2) is 29.2 Å². The van der Waals surface area contributed by atoms with Crippen LogP contribution in [0.2, 0.25) is 5.02 Å². The van der Waals surface area contributed by atoms with Crippen LogP contribution in [0.3, 0.4) is 0 Å². The smallest absolute Gasteiger partial charge is 0.219 e. The molecule has 0 saturated carbocycles. The lowest BCUT2D eigenvalue weighted by atomic mass is 10.4. The van der Waals surface area contributed by atoms with Gasteiger partial charge < -0.3 is 0 Å². The van der Waals surface area contributed by atoms with Gasteiger partial charge in [0.05, 0.1) is 5.75 Å². The Balaban J connectivity index is 1.96. The molecule has 2 aromatic rings. The van der Waals surface area contributed by atoms with Crippen LogP contribution >= 0.6 is 34.7 Å². The van der Waals surface area contributed by atoms with E-state index in [1.54, 1.807) is 11.8 Å². The topological polar surface area (TPSA) is 63.8 Å². The number of benzene rings is 1. The van der Waals surface area contributed by atoms with E-state index in [0.29, 0.717) is 5.13 Å². The van der Waals surface area contributed by atoms with E-state index in [2.05, 4.69) is 15.6 Å². The first-order valence-corrected chi connectivity index (χ1v) is 6.63. The highest BCUT2D eigenvalue weighted by Crippen LogP contribution is 2.27. The maximum atomic E-state index is 5.89. The summed E-state index contributed by atoms with van der Waals surface area (Å²) in [4.78, 5) is 1.12. The number of nitrogens with two attached hydrogens (primary N) is 1. The molecule has 0 saturated heterocycles. The van der Waals surface area contributed by atoms with Gasteiger partial charge in [0.15, 0.2) is 0 Å². The van der Waals surface area contributed by atoms with Crippen LogP contribution in [-0.4, -0.2) is 10.2 Å². The quantitative estimate of drug-likeness (QED) is 0.509. The summed E-state index contributed by atoms with van der Waals surface area (Å²) in [5.74, 6) is 5.99. The van der Waals surface area contributed by atoms with Gasteiger partial charge in [-0.05, 0) is 18.2 Å². The average molecular weight is 273 g/mol. The van der Waals surface area contributed by atoms with Crippen molar-refractivity contribution < 1.29 is 0 Å². The number of hydrazine groups is 1. The van der Waals surface area contributed by atoms with Crippen LogP contribution in [-0.2, 0) is 5.75 Å². The minimum atomic E-state index is 0.627. The number of thioether (sulfide) groups is 1. The maximum Gasteiger partial charge on any atom is 0.219 e. The molecule has 0 aliphatic carbocycles. The Morgan fingerprint density at radius 3 is 3.00 bits per heavy atom. The number of hydrogen-bond donors (Lipinski definition) is 2. The van der Waals surface area contributed by atoms with E-state index < -0.39 is 0 Å². The third kappa shape index (κ3) is 3.08. The van der Waals surface area contributed by atoms with Crippen LogP contribution in [0.1, 0.15) is 5.01 Å². The van der Waals surface area contributed by atoms with Gasteiger partial charge in [0.25, 0.3) is 0 Å². The fraction of sp³-hybridized carbons (Fsp3) is 0.111. The van der Waals surface area contributed by atoms with E-state index in [1.807, 2.05) is 24.3 Å². The van der Waals surface area contributed by atoms with Crippen LogP contribution < -0.4 is 11.3 Å². The Morgan fingerprint density at radius 1 is 1.44 bits per heavy atom. The molecule has 0 fully saturated rings. The van der Waals surface area contributed by atoms with E-state index in [4.69, 9.17) is 17.4 Å². The fourth-order valence-electron chi connectivity index (χ4n) is 1.07. The van der Waals surface area contributed by atoms with Crippen molar-refractivity contribution >= 4 is 39.8 Å². The zero-order valence-electron chi connectivity index (χ0n) is 8.18. The molecular weight excluding hydrogens is 264 g/mol. The highest BCUT2D eigenvalue weighted by atomic mass is 35.5. The molecule has 0 aliphatic heterocycles. The molecule has 1 aromatic carbocycles. The first-order chi connectivity index (χ1) is 7.78. The Bertz CT molecular complexity index is 474. The van der Waals surface area contributed by atoms with Crippen LogP contribution in [0.25, 0.3) is 0 Å². The van der Waals surface area contributed by atoms with Gasteiger partial charge in [0.2, 0.25) is 5.13 Å². The van der Waals surface area contributed by atoms with Crippen molar-refractivity contribution in [3.8, 4) is 0 Å². The number of nitrogen functional groups attached to an aromatic ring is 1. The van der Waals surface area contributed by atoms with Crippen LogP contribution in [0, 0.1) is 0 Å². The molecule has 0 unspecified atom stereocenters. The number of halogens is 1.